The van der Waals surface area contributed by atoms with Crippen LogP contribution in [-0.4, -0.2) is 63.5 Å². The first-order chi connectivity index (χ1) is 12.1. The number of cyclic esters (lactones) is 1. The van der Waals surface area contributed by atoms with Gasteiger partial charge in [0.2, 0.25) is 5.91 Å². The van der Waals surface area contributed by atoms with Crippen molar-refractivity contribution >= 4 is 23.4 Å². The lowest BCUT2D eigenvalue weighted by Crippen LogP contribution is -2.47. The summed E-state index contributed by atoms with van der Waals surface area (Å²) >= 11 is 0. The number of hydrogen-bond acceptors (Lipinski definition) is 6. The van der Waals surface area contributed by atoms with Gasteiger partial charge in [0, 0.05) is 44.9 Å². The third-order valence-corrected chi connectivity index (χ3v) is 4.86. The summed E-state index contributed by atoms with van der Waals surface area (Å²) in [4.78, 5) is 27.4. The Labute approximate surface area is 146 Å². The fourth-order valence-electron chi connectivity index (χ4n) is 3.56. The van der Waals surface area contributed by atoms with Crippen LogP contribution in [0.5, 0.6) is 5.75 Å². The van der Waals surface area contributed by atoms with Gasteiger partial charge in [-0.2, -0.15) is 0 Å². The number of fused-ring (bicyclic) bond motifs is 3. The standard InChI is InChI=1S/C17H22N4O4/c1-11(22)19-9-16-14-10-24-15-8-12(20-6-4-18-5-7-20)2-3-13(15)21(14)17(23)25-16/h2-3,8,14,16,18H,4-7,9-10H2,1H3,(H,19,22)/t14-,16-/m0/s1. The van der Waals surface area contributed by atoms with Crippen molar-refractivity contribution < 1.29 is 19.1 Å². The largest absolute Gasteiger partial charge is 0.489 e. The second-order valence-electron chi connectivity index (χ2n) is 6.50. The maximum atomic E-state index is 12.3. The van der Waals surface area contributed by atoms with Gasteiger partial charge in [0.25, 0.3) is 0 Å². The number of carbonyl (C=O) groups excluding carboxylic acids is 2. The average Bonchev–Trinajstić information content (AvgIpc) is 2.96. The molecule has 2 amide bonds. The molecule has 0 aliphatic carbocycles. The number of amides is 2. The Morgan fingerprint density at radius 3 is 2.92 bits per heavy atom. The lowest BCUT2D eigenvalue weighted by molar-refractivity contribution is -0.119. The minimum absolute atomic E-state index is 0.146. The molecule has 3 aliphatic heterocycles. The third kappa shape index (κ3) is 2.97. The highest BCUT2D eigenvalue weighted by molar-refractivity contribution is 5.93. The van der Waals surface area contributed by atoms with E-state index in [9.17, 15) is 9.59 Å². The molecule has 3 heterocycles. The molecular weight excluding hydrogens is 324 g/mol. The number of rotatable bonds is 3. The van der Waals surface area contributed by atoms with Gasteiger partial charge < -0.3 is 25.0 Å². The van der Waals surface area contributed by atoms with Crippen molar-refractivity contribution in [3.05, 3.63) is 18.2 Å². The number of ether oxygens (including phenoxy) is 2. The third-order valence-electron chi connectivity index (χ3n) is 4.86. The maximum Gasteiger partial charge on any atom is 0.415 e. The van der Waals surface area contributed by atoms with Crippen LogP contribution in [0.1, 0.15) is 6.92 Å². The number of carbonyl (C=O) groups is 2. The molecule has 0 unspecified atom stereocenters. The smallest absolute Gasteiger partial charge is 0.415 e. The Bertz CT molecular complexity index is 689. The molecule has 2 atom stereocenters. The summed E-state index contributed by atoms with van der Waals surface area (Å²) in [6, 6.07) is 5.70. The van der Waals surface area contributed by atoms with Crippen molar-refractivity contribution in [1.82, 2.24) is 10.6 Å². The molecule has 134 valence electrons. The van der Waals surface area contributed by atoms with Gasteiger partial charge in [-0.3, -0.25) is 9.69 Å². The molecule has 2 saturated heterocycles. The molecule has 2 fully saturated rings. The fourth-order valence-corrected chi connectivity index (χ4v) is 3.56. The molecule has 0 bridgehead atoms. The predicted molar refractivity (Wildman–Crippen MR) is 92.2 cm³/mol. The van der Waals surface area contributed by atoms with Crippen LogP contribution < -0.4 is 25.2 Å². The van der Waals surface area contributed by atoms with Crippen LogP contribution in [0.4, 0.5) is 16.2 Å². The van der Waals surface area contributed by atoms with Gasteiger partial charge >= 0.3 is 6.09 Å². The Morgan fingerprint density at radius 2 is 2.16 bits per heavy atom. The molecule has 1 aromatic carbocycles. The van der Waals surface area contributed by atoms with Crippen molar-refractivity contribution in [3.8, 4) is 5.75 Å². The highest BCUT2D eigenvalue weighted by Crippen LogP contribution is 2.40. The van der Waals surface area contributed by atoms with Crippen molar-refractivity contribution in [3.63, 3.8) is 0 Å². The molecule has 0 aromatic heterocycles. The molecule has 3 aliphatic rings. The molecule has 1 aromatic rings. The normalized spacial score (nSPS) is 24.9. The van der Waals surface area contributed by atoms with Gasteiger partial charge in [0.1, 0.15) is 24.5 Å². The highest BCUT2D eigenvalue weighted by Gasteiger charge is 2.46. The lowest BCUT2D eigenvalue weighted by Gasteiger charge is -2.34. The molecule has 8 nitrogen and oxygen atoms in total. The van der Waals surface area contributed by atoms with E-state index in [2.05, 4.69) is 15.5 Å². The first-order valence-electron chi connectivity index (χ1n) is 8.60. The Balaban J connectivity index is 1.55. The summed E-state index contributed by atoms with van der Waals surface area (Å²) in [6.07, 6.45) is -0.794. The van der Waals surface area contributed by atoms with Crippen LogP contribution in [0.3, 0.4) is 0 Å². The van der Waals surface area contributed by atoms with Crippen molar-refractivity contribution in [1.29, 1.82) is 0 Å². The Hall–Kier alpha value is -2.48. The van der Waals surface area contributed by atoms with Crippen molar-refractivity contribution in [2.75, 3.05) is 49.1 Å². The number of nitrogens with zero attached hydrogens (tertiary/aromatic N) is 2. The zero-order valence-electron chi connectivity index (χ0n) is 14.2. The molecule has 0 spiro atoms. The van der Waals surface area contributed by atoms with Crippen LogP contribution in [0.25, 0.3) is 0 Å². The second kappa shape index (κ2) is 6.44. The summed E-state index contributed by atoms with van der Waals surface area (Å²) < 4.78 is 11.4. The zero-order valence-corrected chi connectivity index (χ0v) is 14.2. The van der Waals surface area contributed by atoms with E-state index in [1.165, 1.54) is 6.92 Å². The van der Waals surface area contributed by atoms with Crippen LogP contribution in [0.2, 0.25) is 0 Å². The van der Waals surface area contributed by atoms with Gasteiger partial charge in [0.15, 0.2) is 0 Å². The number of benzene rings is 1. The van der Waals surface area contributed by atoms with Crippen molar-refractivity contribution in [2.45, 2.75) is 19.1 Å². The van der Waals surface area contributed by atoms with E-state index in [0.29, 0.717) is 18.9 Å². The molecule has 2 N–H and O–H groups in total. The summed E-state index contributed by atoms with van der Waals surface area (Å²) in [5.41, 5.74) is 1.83. The van der Waals surface area contributed by atoms with Crippen LogP contribution in [0, 0.1) is 0 Å². The van der Waals surface area contributed by atoms with Crippen molar-refractivity contribution in [2.24, 2.45) is 0 Å². The molecule has 0 radical (unpaired) electrons. The van der Waals surface area contributed by atoms with E-state index >= 15 is 0 Å². The van der Waals surface area contributed by atoms with Gasteiger partial charge in [-0.15, -0.1) is 0 Å². The van der Waals surface area contributed by atoms with E-state index in [1.807, 2.05) is 18.2 Å². The first-order valence-corrected chi connectivity index (χ1v) is 8.60. The SMILES string of the molecule is CC(=O)NC[C@@H]1OC(=O)N2c3ccc(N4CCNCC4)cc3OC[C@@H]12. The summed E-state index contributed by atoms with van der Waals surface area (Å²) in [5, 5.41) is 6.04. The predicted octanol–water partition coefficient (Wildman–Crippen LogP) is 0.319. The molecule has 8 heteroatoms. The zero-order chi connectivity index (χ0) is 17.4. The molecule has 0 saturated carbocycles. The number of nitrogens with one attached hydrogen (secondary N) is 2. The number of hydrogen-bond donors (Lipinski definition) is 2. The van der Waals surface area contributed by atoms with E-state index in [4.69, 9.17) is 9.47 Å². The minimum atomic E-state index is -0.405. The Kier molecular flexibility index (Phi) is 4.12. The summed E-state index contributed by atoms with van der Waals surface area (Å²) in [7, 11) is 0. The van der Waals surface area contributed by atoms with Crippen LogP contribution in [0.15, 0.2) is 18.2 Å². The maximum absolute atomic E-state index is 12.3. The number of piperazine rings is 1. The quantitative estimate of drug-likeness (QED) is 0.820. The highest BCUT2D eigenvalue weighted by atomic mass is 16.6. The first kappa shape index (κ1) is 16.0. The Morgan fingerprint density at radius 1 is 1.36 bits per heavy atom. The second-order valence-corrected chi connectivity index (χ2v) is 6.50. The van der Waals surface area contributed by atoms with E-state index in [-0.39, 0.29) is 18.0 Å². The van der Waals surface area contributed by atoms with E-state index in [1.54, 1.807) is 4.90 Å². The minimum Gasteiger partial charge on any atom is -0.489 e. The molecular formula is C17H22N4O4. The van der Waals surface area contributed by atoms with E-state index < -0.39 is 6.10 Å². The van der Waals surface area contributed by atoms with E-state index in [0.717, 1.165) is 37.6 Å². The number of anilines is 2. The lowest BCUT2D eigenvalue weighted by atomic mass is 10.1. The molecule has 25 heavy (non-hydrogen) atoms. The van der Waals surface area contributed by atoms with Gasteiger partial charge in [-0.1, -0.05) is 0 Å². The molecule has 4 rings (SSSR count). The summed E-state index contributed by atoms with van der Waals surface area (Å²) in [5.74, 6) is 0.552. The van der Waals surface area contributed by atoms with Crippen LogP contribution >= 0.6 is 0 Å². The average molecular weight is 346 g/mol. The van der Waals surface area contributed by atoms with Gasteiger partial charge in [0.05, 0.1) is 12.2 Å². The van der Waals surface area contributed by atoms with Gasteiger partial charge in [-0.25, -0.2) is 4.79 Å². The summed E-state index contributed by atoms with van der Waals surface area (Å²) in [6.45, 7) is 5.91. The van der Waals surface area contributed by atoms with Gasteiger partial charge in [-0.05, 0) is 12.1 Å². The van der Waals surface area contributed by atoms with Crippen LogP contribution in [-0.2, 0) is 9.53 Å². The topological polar surface area (TPSA) is 83.1 Å². The monoisotopic (exact) mass is 346 g/mol. The fraction of sp³-hybridized carbons (Fsp3) is 0.529.